The molecule has 0 aliphatic heterocycles. The number of nitrogens with zero attached hydrogens (tertiary/aromatic N) is 3. The Hall–Kier alpha value is -1.94. The van der Waals surface area contributed by atoms with Crippen molar-refractivity contribution < 1.29 is 4.39 Å². The summed E-state index contributed by atoms with van der Waals surface area (Å²) in [6.07, 6.45) is 0. The van der Waals surface area contributed by atoms with Gasteiger partial charge in [0.1, 0.15) is 17.2 Å². The van der Waals surface area contributed by atoms with Crippen LogP contribution in [0.5, 0.6) is 0 Å². The molecule has 0 fully saturated rings. The van der Waals surface area contributed by atoms with Gasteiger partial charge < -0.3 is 4.57 Å². The van der Waals surface area contributed by atoms with E-state index in [9.17, 15) is 4.39 Å². The zero-order valence-electron chi connectivity index (χ0n) is 12.1. The zero-order chi connectivity index (χ0) is 15.1. The van der Waals surface area contributed by atoms with Gasteiger partial charge in [0.2, 0.25) is 0 Å². The summed E-state index contributed by atoms with van der Waals surface area (Å²) in [7, 11) is 1.89. The van der Waals surface area contributed by atoms with Crippen LogP contribution in [0.1, 0.15) is 25.5 Å². The van der Waals surface area contributed by atoms with Gasteiger partial charge in [-0.15, -0.1) is 0 Å². The van der Waals surface area contributed by atoms with Crippen LogP contribution in [-0.4, -0.2) is 14.5 Å². The third-order valence-electron chi connectivity index (χ3n) is 3.49. The Labute approximate surface area is 127 Å². The highest BCUT2D eigenvalue weighted by Gasteiger charge is 2.16. The molecule has 0 saturated heterocycles. The molecule has 0 radical (unpaired) electrons. The van der Waals surface area contributed by atoms with Crippen molar-refractivity contribution >= 4 is 22.8 Å². The van der Waals surface area contributed by atoms with Crippen molar-refractivity contribution in [3.63, 3.8) is 0 Å². The van der Waals surface area contributed by atoms with Crippen molar-refractivity contribution in [2.24, 2.45) is 7.05 Å². The molecule has 0 aliphatic carbocycles. The highest BCUT2D eigenvalue weighted by molar-refractivity contribution is 6.34. The Balaban J connectivity index is 2.24. The summed E-state index contributed by atoms with van der Waals surface area (Å²) >= 11 is 6.33. The molecule has 0 aliphatic rings. The summed E-state index contributed by atoms with van der Waals surface area (Å²) in [6, 6.07) is 8.10. The van der Waals surface area contributed by atoms with Gasteiger partial charge in [0.05, 0.1) is 5.02 Å². The maximum absolute atomic E-state index is 13.1. The molecule has 5 heteroatoms. The summed E-state index contributed by atoms with van der Waals surface area (Å²) < 4.78 is 14.9. The quantitative estimate of drug-likeness (QED) is 0.695. The largest absolute Gasteiger partial charge is 0.312 e. The fraction of sp³-hybridized carbons (Fsp3) is 0.250. The van der Waals surface area contributed by atoms with E-state index in [0.29, 0.717) is 10.5 Å². The molecule has 0 bridgehead atoms. The smallest absolute Gasteiger partial charge is 0.161 e. The Morgan fingerprint density at radius 2 is 1.81 bits per heavy atom. The lowest BCUT2D eigenvalue weighted by molar-refractivity contribution is 0.628. The lowest BCUT2D eigenvalue weighted by Crippen LogP contribution is -1.98. The maximum Gasteiger partial charge on any atom is 0.161 e. The van der Waals surface area contributed by atoms with E-state index >= 15 is 0 Å². The summed E-state index contributed by atoms with van der Waals surface area (Å²) in [6.45, 7) is 4.14. The number of hydrogen-bond donors (Lipinski definition) is 0. The van der Waals surface area contributed by atoms with Crippen LogP contribution in [0.2, 0.25) is 5.02 Å². The lowest BCUT2D eigenvalue weighted by atomic mass is 10.1. The molecule has 3 aromatic rings. The van der Waals surface area contributed by atoms with Crippen molar-refractivity contribution in [2.75, 3.05) is 0 Å². The van der Waals surface area contributed by atoms with Crippen molar-refractivity contribution in [1.82, 2.24) is 14.5 Å². The molecule has 2 heterocycles. The number of rotatable bonds is 2. The number of halogens is 2. The van der Waals surface area contributed by atoms with Gasteiger partial charge in [-0.3, -0.25) is 0 Å². The van der Waals surface area contributed by atoms with Crippen LogP contribution in [0.3, 0.4) is 0 Å². The van der Waals surface area contributed by atoms with Gasteiger partial charge in [-0.25, -0.2) is 14.4 Å². The van der Waals surface area contributed by atoms with Crippen molar-refractivity contribution in [3.05, 3.63) is 46.9 Å². The SMILES string of the molecule is CC(C)c1cc(Cl)c2nc(-c3ccc(F)cc3)n(C)c2n1. The van der Waals surface area contributed by atoms with E-state index in [2.05, 4.69) is 23.8 Å². The minimum atomic E-state index is -0.268. The average molecular weight is 304 g/mol. The number of aryl methyl sites for hydroxylation is 1. The molecule has 108 valence electrons. The first-order valence-electron chi connectivity index (χ1n) is 6.76. The highest BCUT2D eigenvalue weighted by Crippen LogP contribution is 2.29. The van der Waals surface area contributed by atoms with Gasteiger partial charge in [0.15, 0.2) is 5.65 Å². The first kappa shape index (κ1) is 14.0. The topological polar surface area (TPSA) is 30.7 Å². The van der Waals surface area contributed by atoms with E-state index in [1.165, 1.54) is 12.1 Å². The third kappa shape index (κ3) is 2.40. The van der Waals surface area contributed by atoms with Crippen LogP contribution in [0.15, 0.2) is 30.3 Å². The zero-order valence-corrected chi connectivity index (χ0v) is 12.8. The summed E-state index contributed by atoms with van der Waals surface area (Å²) in [5.41, 5.74) is 3.17. The Kier molecular flexibility index (Phi) is 3.41. The van der Waals surface area contributed by atoms with E-state index in [4.69, 9.17) is 11.6 Å². The maximum atomic E-state index is 13.1. The van der Waals surface area contributed by atoms with E-state index in [0.717, 1.165) is 22.7 Å². The minimum absolute atomic E-state index is 0.268. The molecule has 21 heavy (non-hydrogen) atoms. The van der Waals surface area contributed by atoms with Gasteiger partial charge in [-0.1, -0.05) is 25.4 Å². The highest BCUT2D eigenvalue weighted by atomic mass is 35.5. The van der Waals surface area contributed by atoms with Crippen LogP contribution < -0.4 is 0 Å². The Bertz CT molecular complexity index is 806. The fourth-order valence-electron chi connectivity index (χ4n) is 2.28. The molecule has 1 aromatic carbocycles. The number of pyridine rings is 1. The molecule has 0 amide bonds. The third-order valence-corrected chi connectivity index (χ3v) is 3.78. The molecule has 0 unspecified atom stereocenters. The van der Waals surface area contributed by atoms with Gasteiger partial charge in [0, 0.05) is 18.3 Å². The molecular formula is C16H15ClFN3. The van der Waals surface area contributed by atoms with Crippen molar-refractivity contribution in [2.45, 2.75) is 19.8 Å². The van der Waals surface area contributed by atoms with Crippen molar-refractivity contribution in [3.8, 4) is 11.4 Å². The van der Waals surface area contributed by atoms with Crippen LogP contribution in [0.25, 0.3) is 22.6 Å². The van der Waals surface area contributed by atoms with Gasteiger partial charge >= 0.3 is 0 Å². The molecule has 3 nitrogen and oxygen atoms in total. The predicted molar refractivity (Wildman–Crippen MR) is 83.0 cm³/mol. The lowest BCUT2D eigenvalue weighted by Gasteiger charge is -2.06. The predicted octanol–water partition coefficient (Wildman–Crippen LogP) is 4.55. The van der Waals surface area contributed by atoms with Crippen LogP contribution in [0.4, 0.5) is 4.39 Å². The second kappa shape index (κ2) is 5.11. The molecule has 2 aromatic heterocycles. The van der Waals surface area contributed by atoms with Gasteiger partial charge in [-0.2, -0.15) is 0 Å². The van der Waals surface area contributed by atoms with E-state index in [1.807, 2.05) is 17.7 Å². The second-order valence-corrected chi connectivity index (χ2v) is 5.76. The normalized spacial score (nSPS) is 11.5. The monoisotopic (exact) mass is 303 g/mol. The van der Waals surface area contributed by atoms with Crippen LogP contribution in [-0.2, 0) is 7.05 Å². The van der Waals surface area contributed by atoms with Crippen molar-refractivity contribution in [1.29, 1.82) is 0 Å². The fourth-order valence-corrected chi connectivity index (χ4v) is 2.52. The summed E-state index contributed by atoms with van der Waals surface area (Å²) in [5.74, 6) is 0.743. The number of fused-ring (bicyclic) bond motifs is 1. The van der Waals surface area contributed by atoms with Gasteiger partial charge in [0.25, 0.3) is 0 Å². The number of hydrogen-bond acceptors (Lipinski definition) is 2. The number of benzene rings is 1. The first-order chi connectivity index (χ1) is 9.97. The second-order valence-electron chi connectivity index (χ2n) is 5.36. The molecule has 0 saturated carbocycles. The Morgan fingerprint density at radius 3 is 2.43 bits per heavy atom. The number of imidazole rings is 1. The van der Waals surface area contributed by atoms with Crippen LogP contribution in [0, 0.1) is 5.82 Å². The molecular weight excluding hydrogens is 289 g/mol. The molecule has 0 atom stereocenters. The molecule has 3 rings (SSSR count). The first-order valence-corrected chi connectivity index (χ1v) is 7.14. The summed E-state index contributed by atoms with van der Waals surface area (Å²) in [4.78, 5) is 9.20. The molecule has 0 spiro atoms. The van der Waals surface area contributed by atoms with Gasteiger partial charge in [-0.05, 0) is 36.2 Å². The van der Waals surface area contributed by atoms with E-state index in [1.54, 1.807) is 12.1 Å². The average Bonchev–Trinajstić information content (AvgIpc) is 2.78. The molecule has 0 N–H and O–H groups in total. The standard InChI is InChI=1S/C16H15ClFN3/c1-9(2)13-8-12(17)14-16(19-13)21(3)15(20-14)10-4-6-11(18)7-5-10/h4-9H,1-3H3. The minimum Gasteiger partial charge on any atom is -0.312 e. The summed E-state index contributed by atoms with van der Waals surface area (Å²) in [5, 5.41) is 0.590. The van der Waals surface area contributed by atoms with Crippen LogP contribution >= 0.6 is 11.6 Å². The Morgan fingerprint density at radius 1 is 1.14 bits per heavy atom. The van der Waals surface area contributed by atoms with E-state index in [-0.39, 0.29) is 11.7 Å². The van der Waals surface area contributed by atoms with E-state index < -0.39 is 0 Å². The number of aromatic nitrogens is 3.